The van der Waals surface area contributed by atoms with Crippen LogP contribution < -0.4 is 5.84 Å². The lowest BCUT2D eigenvalue weighted by atomic mass is 9.76. The van der Waals surface area contributed by atoms with Gasteiger partial charge < -0.3 is 9.52 Å². The molecule has 0 spiro atoms. The van der Waals surface area contributed by atoms with Gasteiger partial charge in [-0.25, -0.2) is 9.80 Å². The molecule has 0 amide bonds. The number of carboxylic acid groups (broad SMARTS) is 1. The van der Waals surface area contributed by atoms with Crippen LogP contribution in [0.1, 0.15) is 46.6 Å². The molecule has 0 atom stereocenters. The van der Waals surface area contributed by atoms with Crippen LogP contribution in [0.2, 0.25) is 0 Å². The minimum absolute atomic E-state index is 0.145. The van der Waals surface area contributed by atoms with Crippen LogP contribution >= 0.6 is 11.3 Å². The van der Waals surface area contributed by atoms with E-state index >= 15 is 0 Å². The van der Waals surface area contributed by atoms with Gasteiger partial charge in [-0.2, -0.15) is 0 Å². The summed E-state index contributed by atoms with van der Waals surface area (Å²) in [6.45, 7) is 4.91. The fourth-order valence-electron chi connectivity index (χ4n) is 3.25. The number of carbonyl (C=O) groups is 1. The number of carboxylic acids is 1. The standard InChI is InChI=1S/C17H22N2O3S/c1-17(2)5-4-13-11(6-17)14(16(20)21)15(23-13)12-9-22-8-10(12)7-19(3)18/h8-9H,4-7,18H2,1-3H3,(H,20,21). The van der Waals surface area contributed by atoms with Crippen LogP contribution in [-0.4, -0.2) is 23.1 Å². The van der Waals surface area contributed by atoms with Crippen molar-refractivity contribution in [3.05, 3.63) is 34.1 Å². The van der Waals surface area contributed by atoms with Crippen molar-refractivity contribution < 1.29 is 14.3 Å². The van der Waals surface area contributed by atoms with Gasteiger partial charge >= 0.3 is 5.97 Å². The lowest BCUT2D eigenvalue weighted by Crippen LogP contribution is -2.25. The first-order valence-electron chi connectivity index (χ1n) is 7.67. The van der Waals surface area contributed by atoms with Crippen molar-refractivity contribution in [2.24, 2.45) is 11.3 Å². The molecule has 1 aliphatic carbocycles. The number of thiophene rings is 1. The van der Waals surface area contributed by atoms with Crippen LogP contribution in [0, 0.1) is 5.41 Å². The maximum Gasteiger partial charge on any atom is 0.337 e. The molecule has 2 aromatic heterocycles. The minimum atomic E-state index is -0.858. The maximum atomic E-state index is 11.9. The average molecular weight is 334 g/mol. The molecule has 0 bridgehead atoms. The van der Waals surface area contributed by atoms with Gasteiger partial charge in [0.05, 0.1) is 23.0 Å². The largest absolute Gasteiger partial charge is 0.478 e. The molecule has 5 nitrogen and oxygen atoms in total. The zero-order valence-electron chi connectivity index (χ0n) is 13.7. The first-order valence-corrected chi connectivity index (χ1v) is 8.49. The summed E-state index contributed by atoms with van der Waals surface area (Å²) in [6, 6.07) is 0. The maximum absolute atomic E-state index is 11.9. The van der Waals surface area contributed by atoms with Gasteiger partial charge in [0, 0.05) is 29.6 Å². The quantitative estimate of drug-likeness (QED) is 0.660. The molecule has 0 aromatic carbocycles. The van der Waals surface area contributed by atoms with E-state index in [1.165, 1.54) is 4.88 Å². The second kappa shape index (κ2) is 5.78. The molecule has 1 aliphatic rings. The molecule has 0 saturated heterocycles. The molecule has 23 heavy (non-hydrogen) atoms. The summed E-state index contributed by atoms with van der Waals surface area (Å²) in [5, 5.41) is 11.4. The molecule has 2 heterocycles. The Bertz CT molecular complexity index is 743. The summed E-state index contributed by atoms with van der Waals surface area (Å²) in [5.41, 5.74) is 3.35. The Labute approximate surface area is 139 Å². The summed E-state index contributed by atoms with van der Waals surface area (Å²) in [6.07, 6.45) is 6.12. The highest BCUT2D eigenvalue weighted by molar-refractivity contribution is 7.16. The molecule has 124 valence electrons. The van der Waals surface area contributed by atoms with Gasteiger partial charge in [0.25, 0.3) is 0 Å². The third-order valence-corrected chi connectivity index (χ3v) is 5.72. The van der Waals surface area contributed by atoms with Crippen LogP contribution in [0.15, 0.2) is 16.9 Å². The Balaban J connectivity index is 2.13. The zero-order valence-corrected chi connectivity index (χ0v) is 14.5. The zero-order chi connectivity index (χ0) is 16.8. The second-order valence-electron chi connectivity index (χ2n) is 7.08. The smallest absolute Gasteiger partial charge is 0.337 e. The molecule has 0 unspecified atom stereocenters. The van der Waals surface area contributed by atoms with E-state index < -0.39 is 5.97 Å². The summed E-state index contributed by atoms with van der Waals surface area (Å²) >= 11 is 1.59. The number of hydrazine groups is 1. The first-order chi connectivity index (χ1) is 10.8. The van der Waals surface area contributed by atoms with E-state index in [2.05, 4.69) is 13.8 Å². The predicted octanol–water partition coefficient (Wildman–Crippen LogP) is 3.53. The fraction of sp³-hybridized carbons (Fsp3) is 0.471. The number of aryl methyl sites for hydroxylation is 1. The van der Waals surface area contributed by atoms with Crippen LogP contribution in [0.3, 0.4) is 0 Å². The Hall–Kier alpha value is -1.63. The average Bonchev–Trinajstić information content (AvgIpc) is 3.00. The SMILES string of the molecule is CN(N)Cc1cocc1-c1sc2c(c1C(=O)O)CC(C)(C)CC2. The molecule has 0 saturated carbocycles. The van der Waals surface area contributed by atoms with Gasteiger partial charge in [-0.05, 0) is 30.2 Å². The Morgan fingerprint density at radius 2 is 2.22 bits per heavy atom. The second-order valence-corrected chi connectivity index (χ2v) is 8.19. The topological polar surface area (TPSA) is 79.7 Å². The van der Waals surface area contributed by atoms with Gasteiger partial charge in [-0.1, -0.05) is 13.8 Å². The van der Waals surface area contributed by atoms with Crippen LogP contribution in [0.5, 0.6) is 0 Å². The molecule has 6 heteroatoms. The van der Waals surface area contributed by atoms with Crippen molar-refractivity contribution >= 4 is 17.3 Å². The number of nitrogens with two attached hydrogens (primary N) is 1. The van der Waals surface area contributed by atoms with E-state index in [1.807, 2.05) is 0 Å². The third kappa shape index (κ3) is 3.06. The Morgan fingerprint density at radius 1 is 1.48 bits per heavy atom. The number of nitrogens with zero attached hydrogens (tertiary/aromatic N) is 1. The number of fused-ring (bicyclic) bond motifs is 1. The van der Waals surface area contributed by atoms with Gasteiger partial charge in [-0.15, -0.1) is 11.3 Å². The van der Waals surface area contributed by atoms with Crippen molar-refractivity contribution in [3.63, 3.8) is 0 Å². The molecule has 3 N–H and O–H groups in total. The Kier molecular flexibility index (Phi) is 4.08. The molecule has 2 aromatic rings. The highest BCUT2D eigenvalue weighted by atomic mass is 32.1. The van der Waals surface area contributed by atoms with Gasteiger partial charge in [0.2, 0.25) is 0 Å². The third-order valence-electron chi connectivity index (χ3n) is 4.40. The van der Waals surface area contributed by atoms with Crippen LogP contribution in [-0.2, 0) is 19.4 Å². The molecule has 3 rings (SSSR count). The summed E-state index contributed by atoms with van der Waals surface area (Å²) < 4.78 is 5.34. The fourth-order valence-corrected chi connectivity index (χ4v) is 4.60. The van der Waals surface area contributed by atoms with Crippen molar-refractivity contribution in [2.45, 2.75) is 39.7 Å². The van der Waals surface area contributed by atoms with Crippen molar-refractivity contribution in [1.82, 2.24) is 5.01 Å². The summed E-state index contributed by atoms with van der Waals surface area (Å²) in [7, 11) is 1.77. The first kappa shape index (κ1) is 16.2. The van der Waals surface area contributed by atoms with Gasteiger partial charge in [0.15, 0.2) is 0 Å². The van der Waals surface area contributed by atoms with Crippen molar-refractivity contribution in [2.75, 3.05) is 7.05 Å². The summed E-state index contributed by atoms with van der Waals surface area (Å²) in [5.74, 6) is 4.88. The van der Waals surface area contributed by atoms with Crippen molar-refractivity contribution in [1.29, 1.82) is 0 Å². The highest BCUT2D eigenvalue weighted by Gasteiger charge is 2.33. The van der Waals surface area contributed by atoms with E-state index in [0.717, 1.165) is 40.8 Å². The van der Waals surface area contributed by atoms with Gasteiger partial charge in [-0.3, -0.25) is 5.84 Å². The Morgan fingerprint density at radius 3 is 2.87 bits per heavy atom. The van der Waals surface area contributed by atoms with E-state index in [0.29, 0.717) is 12.1 Å². The van der Waals surface area contributed by atoms with Crippen LogP contribution in [0.4, 0.5) is 0 Å². The van der Waals surface area contributed by atoms with E-state index in [4.69, 9.17) is 10.3 Å². The summed E-state index contributed by atoms with van der Waals surface area (Å²) in [4.78, 5) is 13.9. The lowest BCUT2D eigenvalue weighted by Gasteiger charge is -2.29. The number of furan rings is 1. The number of hydrogen-bond donors (Lipinski definition) is 2. The normalized spacial score (nSPS) is 16.6. The predicted molar refractivity (Wildman–Crippen MR) is 90.4 cm³/mol. The van der Waals surface area contributed by atoms with Crippen molar-refractivity contribution in [3.8, 4) is 10.4 Å². The lowest BCUT2D eigenvalue weighted by molar-refractivity contribution is 0.0696. The monoisotopic (exact) mass is 334 g/mol. The molecule has 0 radical (unpaired) electrons. The van der Waals surface area contributed by atoms with E-state index in [-0.39, 0.29) is 5.41 Å². The van der Waals surface area contributed by atoms with E-state index in [9.17, 15) is 9.90 Å². The molecular weight excluding hydrogens is 312 g/mol. The highest BCUT2D eigenvalue weighted by Crippen LogP contribution is 2.45. The number of hydrogen-bond acceptors (Lipinski definition) is 5. The van der Waals surface area contributed by atoms with Gasteiger partial charge in [0.1, 0.15) is 0 Å². The number of rotatable bonds is 4. The minimum Gasteiger partial charge on any atom is -0.478 e. The molecule has 0 fully saturated rings. The molecular formula is C17H22N2O3S. The van der Waals surface area contributed by atoms with Crippen LogP contribution in [0.25, 0.3) is 10.4 Å². The van der Waals surface area contributed by atoms with E-state index in [1.54, 1.807) is 35.9 Å². The number of aromatic carboxylic acids is 1. The molecule has 0 aliphatic heterocycles.